The molecule has 0 radical (unpaired) electrons. The van der Waals surface area contributed by atoms with E-state index in [0.29, 0.717) is 88.1 Å². The van der Waals surface area contributed by atoms with Crippen molar-refractivity contribution in [2.45, 2.75) is 105 Å². The smallest absolute Gasteiger partial charge is 0.347 e. The van der Waals surface area contributed by atoms with E-state index in [0.717, 1.165) is 23.4 Å². The number of amidine groups is 2. The Balaban J connectivity index is 0.000000127. The topological polar surface area (TPSA) is 590 Å². The normalized spacial score (nSPS) is 16.8. The molecular weight excluding hydrogens is 1940 g/mol. The van der Waals surface area contributed by atoms with Crippen LogP contribution in [0.4, 0.5) is 23.2 Å². The van der Waals surface area contributed by atoms with Crippen LogP contribution in [0.15, 0.2) is 290 Å². The Morgan fingerprint density at radius 2 is 1.07 bits per heavy atom. The molecule has 47 nitrogen and oxygen atoms in total. The van der Waals surface area contributed by atoms with Crippen LogP contribution in [0.1, 0.15) is 132 Å². The number of rotatable bonds is 20. The number of hydrogen-bond acceptors (Lipinski definition) is 36. The van der Waals surface area contributed by atoms with Crippen molar-refractivity contribution in [1.29, 1.82) is 0 Å². The first-order valence-corrected chi connectivity index (χ1v) is 45.3. The number of anilines is 1. The summed E-state index contributed by atoms with van der Waals surface area (Å²) in [6.07, 6.45) is 34.9. The molecule has 5 atom stereocenters. The molecule has 5 aliphatic heterocycles. The SMILES string of the molecule is CC1=CCC2=NC(c3ccc(-n4ccnc4)nn3)=NC(=O)C2=N1.CCOC(=O)C1=C(CC(=O)c2ccc(-n3ccnc3)nn2)C[C@@H](C)O[C@H]1C.COC(=O)C1COC(C)(C)CC1NC(=O)c1ccc(-n2ccnc2)nn1.Cc1c(F)ccc2nc(-c3ccc(-n4ccnc4)nn3)oc(=O)c12.Cc1cc(C(N)=O)c(NC(=O)c2ccc(-n3ccnc3)nn2)cc1F.O=C1N=C(c2ccc(-n3ccnc3)nn2)N=C2C=CC(F)=C(F)C12. The summed E-state index contributed by atoms with van der Waals surface area (Å²) in [5.74, 6) is -5.73. The molecule has 0 spiro atoms. The van der Waals surface area contributed by atoms with Crippen molar-refractivity contribution >= 4 is 92.7 Å². The zero-order chi connectivity index (χ0) is 105. The number of nitrogens with one attached hydrogen (secondary N) is 2. The van der Waals surface area contributed by atoms with Crippen molar-refractivity contribution in [2.24, 2.45) is 42.5 Å². The fourth-order valence-electron chi connectivity index (χ4n) is 15.3. The third kappa shape index (κ3) is 24.6. The number of esters is 2. The van der Waals surface area contributed by atoms with E-state index < -0.39 is 100.0 Å². The number of ether oxygens (including phenoxy) is 4. The molecule has 1 saturated heterocycles. The fourth-order valence-corrected chi connectivity index (χ4v) is 15.3. The minimum atomic E-state index is -1.42. The Morgan fingerprint density at radius 3 is 1.55 bits per heavy atom. The molecule has 3 unspecified atom stereocenters. The third-order valence-corrected chi connectivity index (χ3v) is 22.7. The van der Waals surface area contributed by atoms with Gasteiger partial charge in [-0.05, 0) is 189 Å². The van der Waals surface area contributed by atoms with Crippen molar-refractivity contribution < 1.29 is 79.3 Å². The van der Waals surface area contributed by atoms with Gasteiger partial charge in [-0.1, -0.05) is 6.08 Å². The van der Waals surface area contributed by atoms with Gasteiger partial charge >= 0.3 is 17.6 Å². The summed E-state index contributed by atoms with van der Waals surface area (Å²) in [7, 11) is 1.32. The molecular formula is C98H85F4N33O14. The lowest BCUT2D eigenvalue weighted by atomic mass is 9.86. The number of imidazole rings is 6. The number of nitrogens with two attached hydrogens (primary N) is 1. The predicted molar refractivity (Wildman–Crippen MR) is 521 cm³/mol. The lowest BCUT2D eigenvalue weighted by Crippen LogP contribution is -2.54. The van der Waals surface area contributed by atoms with Crippen LogP contribution >= 0.6 is 0 Å². The van der Waals surface area contributed by atoms with Crippen molar-refractivity contribution in [1.82, 2.24) is 129 Å². The standard InChI is InChI=1S/C19H22N4O4.C17H21N5O4.C16H13FN6O2.C16H10FN5O2.C15H8F2N6O.C15H11N7O/c1-4-26-19(25)18-13(3)27-12(2)9-14(18)10-16(24)15-5-6-17(22-21-15)23-8-7-20-11-23;1-17(2)8-13(11(9-26-17)16(24)25-3)19-15(23)12-4-5-14(21-20-12)22-7-6-18-10-22;1-9-6-10(15(18)24)13(7-11(9)17)20-16(25)12-2-3-14(22-21-12)23-5-4-19-8-23;1-9-10(17)2-3-11-14(9)16(23)24-15(19-11)12-4-5-13(21-20-12)22-7-6-18-8-22;16-8-1-2-9-12(13(8)17)15(24)20-14(19-9)10-3-4-11(22-21-10)23-6-5-18-7-23;1-9-2-3-10-13(17-9)15(23)19-14(18-10)11-4-5-12(21-20-11)22-7-6-16-8-22/h5-8,11-13H,4,9-10H2,1-3H3;4-7,10-11,13H,8-9H2,1-3H3,(H,19,23);2-8H,1H3,(H2,18,24)(H,20,25);2-8H,1H3;1-7,12H;2,4-8H,3H2,1H3/t12-,13+;;;;;/m1...../s1. The number of fused-ring (bicyclic) bond motifs is 3. The zero-order valence-corrected chi connectivity index (χ0v) is 80.2. The highest BCUT2D eigenvalue weighted by molar-refractivity contribution is 6.70. The minimum absolute atomic E-state index is 0.000249. The van der Waals surface area contributed by atoms with Gasteiger partial charge < -0.3 is 39.7 Å². The maximum Gasteiger partial charge on any atom is 0.347 e. The molecule has 149 heavy (non-hydrogen) atoms. The van der Waals surface area contributed by atoms with Crippen molar-refractivity contribution in [2.75, 3.05) is 25.6 Å². The maximum atomic E-state index is 13.7. The van der Waals surface area contributed by atoms with Crippen LogP contribution in [0.5, 0.6) is 0 Å². The largest absolute Gasteiger partial charge is 0.469 e. The highest BCUT2D eigenvalue weighted by Crippen LogP contribution is 2.34. The Hall–Kier alpha value is -19.4. The summed E-state index contributed by atoms with van der Waals surface area (Å²) in [5.41, 5.74) is 9.38. The lowest BCUT2D eigenvalue weighted by molar-refractivity contribution is -0.159. The van der Waals surface area contributed by atoms with Crippen LogP contribution in [0.25, 0.3) is 57.4 Å². The van der Waals surface area contributed by atoms with Crippen LogP contribution in [-0.2, 0) is 38.1 Å². The van der Waals surface area contributed by atoms with Crippen LogP contribution in [0, 0.1) is 37.3 Å². The number of benzene rings is 2. The molecule has 1 fully saturated rings. The molecule has 15 aromatic rings. The Bertz CT molecular complexity index is 7880. The van der Waals surface area contributed by atoms with E-state index in [9.17, 15) is 60.7 Å². The summed E-state index contributed by atoms with van der Waals surface area (Å²) in [6.45, 7) is 14.6. The summed E-state index contributed by atoms with van der Waals surface area (Å²) >= 11 is 0. The van der Waals surface area contributed by atoms with Gasteiger partial charge in [0.25, 0.3) is 35.4 Å². The summed E-state index contributed by atoms with van der Waals surface area (Å²) in [5, 5.41) is 53.5. The quantitative estimate of drug-likeness (QED) is 0.0363. The number of nitrogens with zero attached hydrogens (tertiary/aromatic N) is 30. The number of methoxy groups -OCH3 is 1. The lowest BCUT2D eigenvalue weighted by Gasteiger charge is -2.39. The van der Waals surface area contributed by atoms with Crippen LogP contribution in [0.3, 0.4) is 0 Å². The highest BCUT2D eigenvalue weighted by Gasteiger charge is 2.42. The number of allylic oxidation sites excluding steroid dienone is 5. The first kappa shape index (κ1) is 103. The van der Waals surface area contributed by atoms with Gasteiger partial charge in [0.05, 0.1) is 77.3 Å². The third-order valence-electron chi connectivity index (χ3n) is 22.7. The van der Waals surface area contributed by atoms with Crippen molar-refractivity contribution in [3.05, 3.63) is 323 Å². The zero-order valence-electron chi connectivity index (χ0n) is 80.2. The van der Waals surface area contributed by atoms with E-state index in [1.807, 2.05) is 33.8 Å². The van der Waals surface area contributed by atoms with Crippen LogP contribution < -0.4 is 22.0 Å². The van der Waals surface area contributed by atoms with Crippen LogP contribution in [0.2, 0.25) is 0 Å². The molecule has 754 valence electrons. The van der Waals surface area contributed by atoms with Crippen LogP contribution in [-0.4, -0.2) is 244 Å². The number of carbonyl (C=O) groups excluding carboxylic acids is 8. The Labute approximate surface area is 839 Å². The van der Waals surface area contributed by atoms with E-state index in [-0.39, 0.29) is 105 Å². The van der Waals surface area contributed by atoms with E-state index in [1.165, 1.54) is 57.6 Å². The number of aliphatic imine (C=N–C) groups is 5. The Kier molecular flexibility index (Phi) is 31.6. The van der Waals surface area contributed by atoms with E-state index in [2.05, 4.69) is 132 Å². The van der Waals surface area contributed by atoms with Gasteiger partial charge in [-0.3, -0.25) is 61.0 Å². The average molecular weight is 2020 g/mol. The summed E-state index contributed by atoms with van der Waals surface area (Å²) in [6, 6.07) is 24.3. The highest BCUT2D eigenvalue weighted by atomic mass is 19.2. The second-order valence-corrected chi connectivity index (χ2v) is 33.5. The van der Waals surface area contributed by atoms with Gasteiger partial charge in [-0.2, -0.15) is 9.98 Å². The number of aromatic nitrogens is 25. The monoisotopic (exact) mass is 2020 g/mol. The second-order valence-electron chi connectivity index (χ2n) is 33.5. The number of halogens is 4. The first-order chi connectivity index (χ1) is 71.8. The molecule has 6 aliphatic rings. The molecule has 0 bridgehead atoms. The Morgan fingerprint density at radius 1 is 0.564 bits per heavy atom. The maximum absolute atomic E-state index is 13.7. The molecule has 21 rings (SSSR count). The number of carbonyl (C=O) groups is 8. The number of hydrogen-bond donors (Lipinski definition) is 3. The fraction of sp³-hybridized carbons (Fsp3) is 0.214. The molecule has 18 heterocycles. The average Bonchev–Trinajstić information content (AvgIpc) is 1.16. The molecule has 1 aliphatic carbocycles. The first-order valence-electron chi connectivity index (χ1n) is 45.3. The van der Waals surface area contributed by atoms with Crippen molar-refractivity contribution in [3.8, 4) is 46.5 Å². The summed E-state index contributed by atoms with van der Waals surface area (Å²) in [4.78, 5) is 158. The van der Waals surface area contributed by atoms with E-state index in [1.54, 1.807) is 214 Å². The van der Waals surface area contributed by atoms with E-state index in [4.69, 9.17) is 29.1 Å². The van der Waals surface area contributed by atoms with Crippen molar-refractivity contribution in [3.63, 3.8) is 0 Å². The number of amides is 5. The molecule has 4 N–H and O–H groups in total. The van der Waals surface area contributed by atoms with Gasteiger partial charge in [0.15, 0.2) is 81.1 Å². The second kappa shape index (κ2) is 45.9. The molecule has 5 amide bonds. The number of aryl methyl sites for hydroxylation is 2. The van der Waals surface area contributed by atoms with Gasteiger partial charge in [-0.25, -0.2) is 77.0 Å². The molecule has 51 heteroatoms. The number of Topliss-reactive ketones (excluding diaryl/α,β-unsaturated/α-hetero) is 1. The molecule has 0 saturated carbocycles. The summed E-state index contributed by atoms with van der Waals surface area (Å²) < 4.78 is 91.0. The van der Waals surface area contributed by atoms with E-state index >= 15 is 0 Å². The minimum Gasteiger partial charge on any atom is -0.469 e. The van der Waals surface area contributed by atoms with Gasteiger partial charge in [-0.15, -0.1) is 61.2 Å². The number of ketones is 1. The molecule has 13 aromatic heterocycles. The molecule has 2 aromatic carbocycles. The van der Waals surface area contributed by atoms with Gasteiger partial charge in [0, 0.05) is 105 Å². The van der Waals surface area contributed by atoms with Gasteiger partial charge in [0.2, 0.25) is 0 Å². The predicted octanol–water partition coefficient (Wildman–Crippen LogP) is 9.65. The number of primary amides is 1. The van der Waals surface area contributed by atoms with Gasteiger partial charge in [0.1, 0.15) is 84.2 Å².